The van der Waals surface area contributed by atoms with Crippen LogP contribution in [0.1, 0.15) is 27.3 Å². The second kappa shape index (κ2) is 9.11. The van der Waals surface area contributed by atoms with Crippen LogP contribution in [0.25, 0.3) is 11.0 Å². The van der Waals surface area contributed by atoms with Crippen molar-refractivity contribution in [3.8, 4) is 0 Å². The molecule has 4 heterocycles. The van der Waals surface area contributed by atoms with Gasteiger partial charge in [0.15, 0.2) is 0 Å². The molecule has 2 aromatic heterocycles. The zero-order valence-corrected chi connectivity index (χ0v) is 19.4. The van der Waals surface area contributed by atoms with Crippen LogP contribution < -0.4 is 5.69 Å². The van der Waals surface area contributed by atoms with Crippen LogP contribution in [0.3, 0.4) is 0 Å². The van der Waals surface area contributed by atoms with Crippen LogP contribution in [-0.4, -0.2) is 92.5 Å². The van der Waals surface area contributed by atoms with E-state index in [1.54, 1.807) is 20.7 Å². The summed E-state index contributed by atoms with van der Waals surface area (Å²) in [6.07, 6.45) is -5.47. The summed E-state index contributed by atoms with van der Waals surface area (Å²) in [4.78, 5) is 49.9. The Morgan fingerprint density at radius 3 is 2.49 bits per heavy atom. The molecular formula is C22H23F3N6O3S. The number of benzene rings is 1. The number of aryl methyl sites for hydroxylation is 1. The Morgan fingerprint density at radius 2 is 1.83 bits per heavy atom. The van der Waals surface area contributed by atoms with E-state index in [1.165, 1.54) is 29.5 Å². The fourth-order valence-electron chi connectivity index (χ4n) is 4.56. The topological polar surface area (TPSA) is 94.5 Å². The molecule has 2 saturated heterocycles. The third-order valence-corrected chi connectivity index (χ3v) is 7.15. The zero-order valence-electron chi connectivity index (χ0n) is 18.6. The average molecular weight is 509 g/mol. The number of piperazine rings is 1. The number of alkyl halides is 3. The van der Waals surface area contributed by atoms with Gasteiger partial charge in [0, 0.05) is 62.8 Å². The van der Waals surface area contributed by atoms with Crippen molar-refractivity contribution in [2.75, 3.05) is 39.3 Å². The number of nitrogens with zero attached hydrogens (tertiary/aromatic N) is 5. The number of imidazole rings is 1. The number of likely N-dealkylation sites (tertiary alicyclic amines) is 1. The normalized spacial score (nSPS) is 17.7. The lowest BCUT2D eigenvalue weighted by Gasteiger charge is -2.48. The highest BCUT2D eigenvalue weighted by Crippen LogP contribution is 2.24. The maximum atomic E-state index is 12.9. The second-order valence-corrected chi connectivity index (χ2v) is 9.46. The molecule has 0 unspecified atom stereocenters. The van der Waals surface area contributed by atoms with Gasteiger partial charge in [-0.25, -0.2) is 9.78 Å². The standard InChI is InChI=1S/C22H23F3N6O3S/c23-22(24,25)3-4-31-18-2-1-14(9-16(18)27-21(31)34)19(32)30-10-15(11-30)28-5-7-29(8-6-28)20(33)17-12-35-13-26-17/h1-2,9,12-13,15H,3-8,10-11H2,(H,27,34). The van der Waals surface area contributed by atoms with Gasteiger partial charge in [0.2, 0.25) is 0 Å². The van der Waals surface area contributed by atoms with Crippen LogP contribution in [0, 0.1) is 0 Å². The molecule has 2 aliphatic heterocycles. The summed E-state index contributed by atoms with van der Waals surface area (Å²) in [6.45, 7) is 3.29. The van der Waals surface area contributed by atoms with E-state index in [0.717, 1.165) is 17.7 Å². The number of hydrogen-bond donors (Lipinski definition) is 1. The van der Waals surface area contributed by atoms with Crippen molar-refractivity contribution in [3.63, 3.8) is 0 Å². The maximum Gasteiger partial charge on any atom is 0.390 e. The molecule has 186 valence electrons. The Bertz CT molecular complexity index is 1290. The molecular weight excluding hydrogens is 485 g/mol. The summed E-state index contributed by atoms with van der Waals surface area (Å²) in [6, 6.07) is 4.77. The highest BCUT2D eigenvalue weighted by atomic mass is 32.1. The van der Waals surface area contributed by atoms with Gasteiger partial charge in [0.1, 0.15) is 5.69 Å². The van der Waals surface area contributed by atoms with Gasteiger partial charge in [0.25, 0.3) is 11.8 Å². The Morgan fingerprint density at radius 1 is 1.09 bits per heavy atom. The fourth-order valence-corrected chi connectivity index (χ4v) is 5.09. The molecule has 2 amide bonds. The number of hydrogen-bond acceptors (Lipinski definition) is 6. The molecule has 0 bridgehead atoms. The number of fused-ring (bicyclic) bond motifs is 1. The first-order chi connectivity index (χ1) is 16.7. The molecule has 9 nitrogen and oxygen atoms in total. The van der Waals surface area contributed by atoms with E-state index >= 15 is 0 Å². The lowest BCUT2D eigenvalue weighted by atomic mass is 10.0. The molecule has 0 atom stereocenters. The summed E-state index contributed by atoms with van der Waals surface area (Å²) in [5, 5.41) is 1.74. The molecule has 1 N–H and O–H groups in total. The number of amides is 2. The van der Waals surface area contributed by atoms with Crippen molar-refractivity contribution in [2.45, 2.75) is 25.2 Å². The largest absolute Gasteiger partial charge is 0.390 e. The van der Waals surface area contributed by atoms with E-state index in [4.69, 9.17) is 0 Å². The Kier molecular flexibility index (Phi) is 6.13. The lowest BCUT2D eigenvalue weighted by molar-refractivity contribution is -0.136. The first kappa shape index (κ1) is 23.5. The Balaban J connectivity index is 1.16. The highest BCUT2D eigenvalue weighted by Gasteiger charge is 2.37. The van der Waals surface area contributed by atoms with E-state index in [9.17, 15) is 27.6 Å². The summed E-state index contributed by atoms with van der Waals surface area (Å²) < 4.78 is 38.7. The number of thiazole rings is 1. The van der Waals surface area contributed by atoms with Crippen molar-refractivity contribution < 1.29 is 22.8 Å². The summed E-state index contributed by atoms with van der Waals surface area (Å²) in [5.74, 6) is -0.249. The number of aromatic amines is 1. The lowest BCUT2D eigenvalue weighted by Crippen LogP contribution is -2.64. The van der Waals surface area contributed by atoms with Crippen molar-refractivity contribution >= 4 is 34.2 Å². The molecule has 0 saturated carbocycles. The van der Waals surface area contributed by atoms with E-state index in [-0.39, 0.29) is 17.9 Å². The smallest absolute Gasteiger partial charge is 0.335 e. The minimum Gasteiger partial charge on any atom is -0.335 e. The van der Waals surface area contributed by atoms with Gasteiger partial charge >= 0.3 is 11.9 Å². The van der Waals surface area contributed by atoms with Crippen LogP contribution in [0.2, 0.25) is 0 Å². The third kappa shape index (κ3) is 4.82. The quantitative estimate of drug-likeness (QED) is 0.569. The molecule has 1 aromatic carbocycles. The molecule has 0 spiro atoms. The van der Waals surface area contributed by atoms with Gasteiger partial charge in [0.05, 0.1) is 23.0 Å². The molecule has 0 radical (unpaired) electrons. The Labute approximate surface area is 201 Å². The van der Waals surface area contributed by atoms with Crippen molar-refractivity contribution in [1.82, 2.24) is 29.2 Å². The van der Waals surface area contributed by atoms with Crippen LogP contribution in [0.15, 0.2) is 33.9 Å². The van der Waals surface area contributed by atoms with E-state index in [0.29, 0.717) is 48.5 Å². The maximum absolute atomic E-state index is 12.9. The zero-order chi connectivity index (χ0) is 24.7. The Hall–Kier alpha value is -3.19. The summed E-state index contributed by atoms with van der Waals surface area (Å²) >= 11 is 1.39. The van der Waals surface area contributed by atoms with E-state index < -0.39 is 24.8 Å². The minimum atomic E-state index is -4.36. The van der Waals surface area contributed by atoms with Crippen LogP contribution >= 0.6 is 11.3 Å². The first-order valence-corrected chi connectivity index (χ1v) is 12.1. The number of carbonyl (C=O) groups excluding carboxylic acids is 2. The van der Waals surface area contributed by atoms with Gasteiger partial charge in [-0.1, -0.05) is 0 Å². The fraction of sp³-hybridized carbons (Fsp3) is 0.455. The molecule has 5 rings (SSSR count). The molecule has 2 fully saturated rings. The number of aromatic nitrogens is 3. The SMILES string of the molecule is O=C(c1ccc2c(c1)[nH]c(=O)n2CCC(F)(F)F)N1CC(N2CCN(C(=O)c3cscn3)CC2)C1. The van der Waals surface area contributed by atoms with Gasteiger partial charge in [-0.05, 0) is 18.2 Å². The number of H-pyrrole nitrogens is 1. The number of carbonyl (C=O) groups is 2. The van der Waals surface area contributed by atoms with Crippen molar-refractivity contribution in [3.05, 3.63) is 50.8 Å². The second-order valence-electron chi connectivity index (χ2n) is 8.74. The summed E-state index contributed by atoms with van der Waals surface area (Å²) in [5.41, 5.74) is 2.52. The third-order valence-electron chi connectivity index (χ3n) is 6.56. The van der Waals surface area contributed by atoms with E-state index in [2.05, 4.69) is 14.9 Å². The predicted molar refractivity (Wildman–Crippen MR) is 123 cm³/mol. The molecule has 13 heteroatoms. The van der Waals surface area contributed by atoms with Gasteiger partial charge in [-0.2, -0.15) is 13.2 Å². The number of halogens is 3. The van der Waals surface area contributed by atoms with Crippen molar-refractivity contribution in [2.24, 2.45) is 0 Å². The molecule has 35 heavy (non-hydrogen) atoms. The van der Waals surface area contributed by atoms with E-state index in [1.807, 2.05) is 0 Å². The van der Waals surface area contributed by atoms with Crippen LogP contribution in [-0.2, 0) is 6.54 Å². The van der Waals surface area contributed by atoms with Gasteiger partial charge in [-0.3, -0.25) is 19.1 Å². The minimum absolute atomic E-state index is 0.0583. The first-order valence-electron chi connectivity index (χ1n) is 11.2. The van der Waals surface area contributed by atoms with Crippen LogP contribution in [0.4, 0.5) is 13.2 Å². The molecule has 2 aliphatic rings. The monoisotopic (exact) mass is 508 g/mol. The highest BCUT2D eigenvalue weighted by molar-refractivity contribution is 7.07. The molecule has 3 aromatic rings. The average Bonchev–Trinajstić information content (AvgIpc) is 3.43. The molecule has 0 aliphatic carbocycles. The number of rotatable bonds is 5. The predicted octanol–water partition coefficient (Wildman–Crippen LogP) is 2.02. The van der Waals surface area contributed by atoms with Crippen LogP contribution in [0.5, 0.6) is 0 Å². The number of nitrogens with one attached hydrogen (secondary N) is 1. The summed E-state index contributed by atoms with van der Waals surface area (Å²) in [7, 11) is 0. The van der Waals surface area contributed by atoms with Gasteiger partial charge < -0.3 is 14.8 Å². The van der Waals surface area contributed by atoms with Gasteiger partial charge in [-0.15, -0.1) is 11.3 Å². The van der Waals surface area contributed by atoms with Crippen molar-refractivity contribution in [1.29, 1.82) is 0 Å².